The second kappa shape index (κ2) is 10.3. The number of amides is 2. The molecule has 0 saturated carbocycles. The Kier molecular flexibility index (Phi) is 7.05. The third kappa shape index (κ3) is 5.23. The molecule has 1 atom stereocenters. The van der Waals surface area contributed by atoms with Crippen LogP contribution in [0.4, 0.5) is 4.79 Å². The maximum Gasteiger partial charge on any atom is 0.407 e. The lowest BCUT2D eigenvalue weighted by molar-refractivity contribution is -0.169. The molecule has 0 unspecified atom stereocenters. The van der Waals surface area contributed by atoms with E-state index in [9.17, 15) is 9.59 Å². The number of benzene rings is 3. The van der Waals surface area contributed by atoms with Crippen LogP contribution < -0.4 is 5.32 Å². The normalized spacial score (nSPS) is 13.0. The highest BCUT2D eigenvalue weighted by atomic mass is 16.7. The van der Waals surface area contributed by atoms with Crippen LogP contribution in [-0.2, 0) is 20.8 Å². The molecule has 3 aromatic carbocycles. The number of hydrogen-bond acceptors (Lipinski definition) is 4. The van der Waals surface area contributed by atoms with E-state index in [1.54, 1.807) is 7.05 Å². The first-order valence-electron chi connectivity index (χ1n) is 11.0. The van der Waals surface area contributed by atoms with E-state index in [0.29, 0.717) is 6.42 Å². The van der Waals surface area contributed by atoms with Gasteiger partial charge in [-0.15, -0.1) is 0 Å². The molecule has 4 rings (SSSR count). The Morgan fingerprint density at radius 1 is 0.909 bits per heavy atom. The molecule has 0 spiro atoms. The first kappa shape index (κ1) is 22.6. The average Bonchev–Trinajstić information content (AvgIpc) is 3.16. The van der Waals surface area contributed by atoms with Crippen LogP contribution in [0.3, 0.4) is 0 Å². The molecule has 3 aromatic rings. The molecule has 0 heterocycles. The maximum atomic E-state index is 12.8. The fraction of sp³-hybridized carbons (Fsp3) is 0.259. The van der Waals surface area contributed by atoms with Crippen LogP contribution in [0.1, 0.15) is 29.0 Å². The molecule has 6 heteroatoms. The predicted octanol–water partition coefficient (Wildman–Crippen LogP) is 4.55. The van der Waals surface area contributed by atoms with Crippen molar-refractivity contribution in [1.29, 1.82) is 0 Å². The third-order valence-electron chi connectivity index (χ3n) is 6.04. The van der Waals surface area contributed by atoms with Crippen molar-refractivity contribution >= 4 is 12.0 Å². The minimum absolute atomic E-state index is 0.0167. The zero-order valence-corrected chi connectivity index (χ0v) is 18.9. The van der Waals surface area contributed by atoms with Crippen molar-refractivity contribution < 1.29 is 19.2 Å². The predicted molar refractivity (Wildman–Crippen MR) is 127 cm³/mol. The van der Waals surface area contributed by atoms with Crippen molar-refractivity contribution in [3.63, 3.8) is 0 Å². The summed E-state index contributed by atoms with van der Waals surface area (Å²) < 4.78 is 5.67. The van der Waals surface area contributed by atoms with Gasteiger partial charge in [-0.25, -0.2) is 9.86 Å². The highest BCUT2D eigenvalue weighted by Gasteiger charge is 2.29. The average molecular weight is 445 g/mol. The molecular formula is C27H28N2O4. The third-order valence-corrected chi connectivity index (χ3v) is 6.04. The zero-order valence-electron chi connectivity index (χ0n) is 18.9. The van der Waals surface area contributed by atoms with E-state index < -0.39 is 12.1 Å². The van der Waals surface area contributed by atoms with Gasteiger partial charge in [0.05, 0.1) is 7.11 Å². The van der Waals surface area contributed by atoms with Crippen LogP contribution in [-0.4, -0.2) is 43.9 Å². The smallest absolute Gasteiger partial charge is 0.407 e. The molecule has 1 N–H and O–H groups in total. The number of carbonyl (C=O) groups is 2. The van der Waals surface area contributed by atoms with Crippen LogP contribution in [0.15, 0.2) is 78.9 Å². The first-order valence-corrected chi connectivity index (χ1v) is 11.0. The number of nitrogens with one attached hydrogen (secondary N) is 1. The number of fused-ring (bicyclic) bond motifs is 3. The second-order valence-corrected chi connectivity index (χ2v) is 8.13. The van der Waals surface area contributed by atoms with Gasteiger partial charge in [0, 0.05) is 25.4 Å². The van der Waals surface area contributed by atoms with Crippen molar-refractivity contribution in [2.75, 3.05) is 20.8 Å². The molecule has 0 fully saturated rings. The summed E-state index contributed by atoms with van der Waals surface area (Å²) in [6.45, 7) is 0.226. The molecule has 33 heavy (non-hydrogen) atoms. The summed E-state index contributed by atoms with van der Waals surface area (Å²) in [4.78, 5) is 30.2. The summed E-state index contributed by atoms with van der Waals surface area (Å²) in [6.07, 6.45) is 0.0725. The Labute approximate surface area is 194 Å². The molecule has 1 aliphatic rings. The summed E-state index contributed by atoms with van der Waals surface area (Å²) in [5.41, 5.74) is 5.69. The monoisotopic (exact) mass is 444 g/mol. The van der Waals surface area contributed by atoms with Gasteiger partial charge in [-0.2, -0.15) is 0 Å². The van der Waals surface area contributed by atoms with Gasteiger partial charge >= 0.3 is 6.09 Å². The molecule has 170 valence electrons. The van der Waals surface area contributed by atoms with E-state index in [4.69, 9.17) is 9.57 Å². The zero-order chi connectivity index (χ0) is 23.2. The van der Waals surface area contributed by atoms with E-state index in [2.05, 4.69) is 29.6 Å². The molecule has 0 aliphatic heterocycles. The Bertz CT molecular complexity index is 1070. The molecule has 2 amide bonds. The van der Waals surface area contributed by atoms with Crippen molar-refractivity contribution in [2.24, 2.45) is 0 Å². The first-order chi connectivity index (χ1) is 16.1. The van der Waals surface area contributed by atoms with E-state index in [1.165, 1.54) is 18.2 Å². The minimum Gasteiger partial charge on any atom is -0.449 e. The maximum absolute atomic E-state index is 12.8. The largest absolute Gasteiger partial charge is 0.449 e. The van der Waals surface area contributed by atoms with E-state index >= 15 is 0 Å². The summed E-state index contributed by atoms with van der Waals surface area (Å²) in [5.74, 6) is -0.241. The second-order valence-electron chi connectivity index (χ2n) is 8.13. The number of rotatable bonds is 8. The van der Waals surface area contributed by atoms with Gasteiger partial charge in [-0.3, -0.25) is 9.63 Å². The molecule has 0 bridgehead atoms. The van der Waals surface area contributed by atoms with Gasteiger partial charge in [0.15, 0.2) is 0 Å². The number of hydrogen-bond donors (Lipinski definition) is 1. The van der Waals surface area contributed by atoms with Crippen LogP contribution >= 0.6 is 0 Å². The molecular weight excluding hydrogens is 416 g/mol. The quantitative estimate of drug-likeness (QED) is 0.518. The Balaban J connectivity index is 1.43. The van der Waals surface area contributed by atoms with Gasteiger partial charge < -0.3 is 10.1 Å². The van der Waals surface area contributed by atoms with E-state index in [0.717, 1.165) is 21.8 Å². The Morgan fingerprint density at radius 2 is 1.48 bits per heavy atom. The van der Waals surface area contributed by atoms with E-state index in [1.807, 2.05) is 54.6 Å². The standard InChI is InChI=1S/C27H28N2O4/c1-29(32-2)26(30)17-20(16-19-10-4-3-5-11-19)28-27(31)33-18-25-23-14-8-6-12-21(23)22-13-7-9-15-24(22)25/h3-15,20,25H,16-18H2,1-2H3,(H,28,31)/t20-/m0/s1. The summed E-state index contributed by atoms with van der Waals surface area (Å²) in [7, 11) is 2.98. The summed E-state index contributed by atoms with van der Waals surface area (Å²) in [5, 5.41) is 4.05. The lowest BCUT2D eigenvalue weighted by Gasteiger charge is -2.22. The lowest BCUT2D eigenvalue weighted by atomic mass is 9.98. The van der Waals surface area contributed by atoms with Gasteiger partial charge in [0.2, 0.25) is 5.91 Å². The SMILES string of the molecule is CON(C)C(=O)C[C@H](Cc1ccccc1)NC(=O)OCC1c2ccccc2-c2ccccc21. The van der Waals surface area contributed by atoms with Gasteiger partial charge in [0.1, 0.15) is 6.61 Å². The highest BCUT2D eigenvalue weighted by molar-refractivity contribution is 5.79. The van der Waals surface area contributed by atoms with Gasteiger partial charge in [0.25, 0.3) is 0 Å². The highest BCUT2D eigenvalue weighted by Crippen LogP contribution is 2.44. The van der Waals surface area contributed by atoms with Crippen molar-refractivity contribution in [1.82, 2.24) is 10.4 Å². The van der Waals surface area contributed by atoms with Crippen LogP contribution in [0.25, 0.3) is 11.1 Å². The number of carbonyl (C=O) groups excluding carboxylic acids is 2. The summed E-state index contributed by atoms with van der Waals surface area (Å²) >= 11 is 0. The number of alkyl carbamates (subject to hydrolysis) is 1. The molecule has 0 saturated heterocycles. The lowest BCUT2D eigenvalue weighted by Crippen LogP contribution is -2.41. The molecule has 0 aromatic heterocycles. The van der Waals surface area contributed by atoms with Crippen molar-refractivity contribution in [3.05, 3.63) is 95.6 Å². The van der Waals surface area contributed by atoms with Crippen LogP contribution in [0.2, 0.25) is 0 Å². The van der Waals surface area contributed by atoms with Gasteiger partial charge in [-0.1, -0.05) is 78.9 Å². The Morgan fingerprint density at radius 3 is 2.09 bits per heavy atom. The minimum atomic E-state index is -0.536. The summed E-state index contributed by atoms with van der Waals surface area (Å²) in [6, 6.07) is 25.7. The number of nitrogens with zero attached hydrogens (tertiary/aromatic N) is 1. The fourth-order valence-electron chi connectivity index (χ4n) is 4.32. The van der Waals surface area contributed by atoms with Gasteiger partial charge in [-0.05, 0) is 34.2 Å². The molecule has 1 aliphatic carbocycles. The van der Waals surface area contributed by atoms with Crippen molar-refractivity contribution in [2.45, 2.75) is 24.8 Å². The topological polar surface area (TPSA) is 67.9 Å². The van der Waals surface area contributed by atoms with Crippen molar-refractivity contribution in [3.8, 4) is 11.1 Å². The van der Waals surface area contributed by atoms with Crippen LogP contribution in [0, 0.1) is 0 Å². The van der Waals surface area contributed by atoms with Crippen LogP contribution in [0.5, 0.6) is 0 Å². The Hall–Kier alpha value is -3.64. The number of hydroxylamine groups is 2. The molecule has 0 radical (unpaired) electrons. The van der Waals surface area contributed by atoms with E-state index in [-0.39, 0.29) is 24.9 Å². The fourth-order valence-corrected chi connectivity index (χ4v) is 4.32. The molecule has 6 nitrogen and oxygen atoms in total. The number of ether oxygens (including phenoxy) is 1.